The van der Waals surface area contributed by atoms with E-state index in [4.69, 9.17) is 4.74 Å². The van der Waals surface area contributed by atoms with Crippen LogP contribution in [0.15, 0.2) is 18.2 Å². The molecule has 0 aliphatic carbocycles. The molecule has 1 aromatic rings. The second-order valence-electron chi connectivity index (χ2n) is 6.01. The van der Waals surface area contributed by atoms with Crippen molar-refractivity contribution >= 4 is 0 Å². The third-order valence-corrected chi connectivity index (χ3v) is 2.88. The lowest BCUT2D eigenvalue weighted by atomic mass is 10.1. The van der Waals surface area contributed by atoms with Gasteiger partial charge in [0.05, 0.1) is 6.61 Å². The molecule has 0 aromatic heterocycles. The fourth-order valence-corrected chi connectivity index (χ4v) is 1.82. The van der Waals surface area contributed by atoms with Crippen LogP contribution in [0.1, 0.15) is 46.5 Å². The zero-order chi connectivity index (χ0) is 15.0. The van der Waals surface area contributed by atoms with Crippen molar-refractivity contribution in [2.45, 2.75) is 52.0 Å². The quantitative estimate of drug-likeness (QED) is 0.719. The van der Waals surface area contributed by atoms with E-state index in [1.165, 1.54) is 12.1 Å². The average molecular weight is 285 g/mol. The lowest BCUT2D eigenvalue weighted by molar-refractivity contribution is 0.288. The zero-order valence-electron chi connectivity index (χ0n) is 12.6. The predicted octanol–water partition coefficient (Wildman–Crippen LogP) is 4.29. The average Bonchev–Trinajstić information content (AvgIpc) is 2.33. The smallest absolute Gasteiger partial charge is 0.167 e. The number of unbranched alkanes of at least 4 members (excludes halogenated alkanes) is 3. The van der Waals surface area contributed by atoms with Crippen LogP contribution < -0.4 is 10.1 Å². The Bertz CT molecular complexity index is 402. The Labute approximate surface area is 120 Å². The highest BCUT2D eigenvalue weighted by Crippen LogP contribution is 2.18. The molecule has 20 heavy (non-hydrogen) atoms. The van der Waals surface area contributed by atoms with Crippen LogP contribution in [0.2, 0.25) is 0 Å². The number of rotatable bonds is 8. The number of benzene rings is 1. The fraction of sp³-hybridized carbons (Fsp3) is 0.625. The van der Waals surface area contributed by atoms with Crippen molar-refractivity contribution in [3.8, 4) is 5.75 Å². The van der Waals surface area contributed by atoms with Crippen molar-refractivity contribution in [3.63, 3.8) is 0 Å². The zero-order valence-corrected chi connectivity index (χ0v) is 12.6. The third-order valence-electron chi connectivity index (χ3n) is 2.88. The van der Waals surface area contributed by atoms with Gasteiger partial charge in [0.2, 0.25) is 0 Å². The van der Waals surface area contributed by atoms with Crippen molar-refractivity contribution in [2.75, 3.05) is 13.2 Å². The van der Waals surface area contributed by atoms with Gasteiger partial charge >= 0.3 is 0 Å². The number of halogens is 2. The molecular formula is C16H25F2NO. The van der Waals surface area contributed by atoms with Gasteiger partial charge in [0.25, 0.3) is 0 Å². The minimum absolute atomic E-state index is 0.126. The Morgan fingerprint density at radius 2 is 1.75 bits per heavy atom. The molecule has 0 saturated heterocycles. The van der Waals surface area contributed by atoms with E-state index in [0.717, 1.165) is 38.3 Å². The highest BCUT2D eigenvalue weighted by molar-refractivity contribution is 5.24. The Morgan fingerprint density at radius 1 is 1.05 bits per heavy atom. The summed E-state index contributed by atoms with van der Waals surface area (Å²) in [7, 11) is 0. The van der Waals surface area contributed by atoms with Crippen molar-refractivity contribution in [1.82, 2.24) is 5.32 Å². The summed E-state index contributed by atoms with van der Waals surface area (Å²) in [5.41, 5.74) is 0.170. The first-order valence-corrected chi connectivity index (χ1v) is 7.21. The largest absolute Gasteiger partial charge is 0.491 e. The molecule has 0 saturated carbocycles. The molecule has 1 aromatic carbocycles. The van der Waals surface area contributed by atoms with Gasteiger partial charge in [-0.15, -0.1) is 0 Å². The van der Waals surface area contributed by atoms with Crippen LogP contribution in [-0.2, 0) is 0 Å². The van der Waals surface area contributed by atoms with Gasteiger partial charge in [0.1, 0.15) is 5.82 Å². The van der Waals surface area contributed by atoms with E-state index in [1.807, 2.05) is 0 Å². The van der Waals surface area contributed by atoms with Crippen molar-refractivity contribution < 1.29 is 13.5 Å². The molecule has 2 nitrogen and oxygen atoms in total. The van der Waals surface area contributed by atoms with Gasteiger partial charge < -0.3 is 10.1 Å². The molecule has 0 radical (unpaired) electrons. The third kappa shape index (κ3) is 7.43. The second kappa shape index (κ2) is 8.20. The Kier molecular flexibility index (Phi) is 6.93. The van der Waals surface area contributed by atoms with E-state index in [0.29, 0.717) is 6.61 Å². The lowest BCUT2D eigenvalue weighted by Crippen LogP contribution is -2.36. The van der Waals surface area contributed by atoms with E-state index < -0.39 is 11.6 Å². The second-order valence-corrected chi connectivity index (χ2v) is 6.01. The predicted molar refractivity (Wildman–Crippen MR) is 78.1 cm³/mol. The molecular weight excluding hydrogens is 260 g/mol. The van der Waals surface area contributed by atoms with Gasteiger partial charge in [-0.1, -0.05) is 12.8 Å². The van der Waals surface area contributed by atoms with Crippen LogP contribution in [0, 0.1) is 11.6 Å². The summed E-state index contributed by atoms with van der Waals surface area (Å²) in [5, 5.41) is 3.44. The van der Waals surface area contributed by atoms with E-state index >= 15 is 0 Å². The topological polar surface area (TPSA) is 21.3 Å². The van der Waals surface area contributed by atoms with Crippen LogP contribution in [0.5, 0.6) is 5.75 Å². The number of ether oxygens (including phenoxy) is 1. The molecule has 0 spiro atoms. The fourth-order valence-electron chi connectivity index (χ4n) is 1.82. The molecule has 0 unspecified atom stereocenters. The van der Waals surface area contributed by atoms with Gasteiger partial charge in [0, 0.05) is 11.6 Å². The summed E-state index contributed by atoms with van der Waals surface area (Å²) in [6.07, 6.45) is 4.18. The summed E-state index contributed by atoms with van der Waals surface area (Å²) in [5.74, 6) is -1.10. The van der Waals surface area contributed by atoms with Gasteiger partial charge in [-0.05, 0) is 52.3 Å². The highest BCUT2D eigenvalue weighted by Gasteiger charge is 2.07. The maximum Gasteiger partial charge on any atom is 0.167 e. The standard InChI is InChI=1S/C16H25F2NO/c1-16(2,3)19-10-6-4-5-7-11-20-15-9-8-13(17)12-14(15)18/h8-9,12,19H,4-7,10-11H2,1-3H3. The Hall–Kier alpha value is -1.16. The number of hydrogen-bond acceptors (Lipinski definition) is 2. The minimum Gasteiger partial charge on any atom is -0.491 e. The summed E-state index contributed by atoms with van der Waals surface area (Å²) in [4.78, 5) is 0. The SMILES string of the molecule is CC(C)(C)NCCCCCCOc1ccc(F)cc1F. The Balaban J connectivity index is 2.05. The summed E-state index contributed by atoms with van der Waals surface area (Å²) < 4.78 is 31.3. The van der Waals surface area contributed by atoms with Crippen LogP contribution in [0.25, 0.3) is 0 Å². The van der Waals surface area contributed by atoms with Gasteiger partial charge in [0.15, 0.2) is 11.6 Å². The molecule has 1 N–H and O–H groups in total. The normalized spacial score (nSPS) is 11.7. The number of nitrogens with one attached hydrogen (secondary N) is 1. The van der Waals surface area contributed by atoms with Crippen molar-refractivity contribution in [2.24, 2.45) is 0 Å². The monoisotopic (exact) mass is 285 g/mol. The molecule has 0 amide bonds. The van der Waals surface area contributed by atoms with Crippen LogP contribution in [0.4, 0.5) is 8.78 Å². The van der Waals surface area contributed by atoms with Crippen LogP contribution in [0.3, 0.4) is 0 Å². The van der Waals surface area contributed by atoms with E-state index in [1.54, 1.807) is 0 Å². The minimum atomic E-state index is -0.639. The Morgan fingerprint density at radius 3 is 2.40 bits per heavy atom. The molecule has 0 heterocycles. The van der Waals surface area contributed by atoms with Gasteiger partial charge in [-0.25, -0.2) is 8.78 Å². The number of hydrogen-bond donors (Lipinski definition) is 1. The molecule has 114 valence electrons. The molecule has 0 atom stereocenters. The highest BCUT2D eigenvalue weighted by atomic mass is 19.1. The molecule has 0 bridgehead atoms. The molecule has 0 aliphatic heterocycles. The molecule has 0 aliphatic rings. The first-order chi connectivity index (χ1) is 9.38. The maximum absolute atomic E-state index is 13.3. The van der Waals surface area contributed by atoms with Crippen molar-refractivity contribution in [3.05, 3.63) is 29.8 Å². The first kappa shape index (κ1) is 16.9. The lowest BCUT2D eigenvalue weighted by Gasteiger charge is -2.20. The van der Waals surface area contributed by atoms with Crippen molar-refractivity contribution in [1.29, 1.82) is 0 Å². The van der Waals surface area contributed by atoms with Crippen LogP contribution in [-0.4, -0.2) is 18.7 Å². The molecule has 4 heteroatoms. The summed E-state index contributed by atoms with van der Waals surface area (Å²) in [6, 6.07) is 3.38. The first-order valence-electron chi connectivity index (χ1n) is 7.21. The summed E-state index contributed by atoms with van der Waals surface area (Å²) >= 11 is 0. The molecule has 1 rings (SSSR count). The maximum atomic E-state index is 13.3. The van der Waals surface area contributed by atoms with Gasteiger partial charge in [-0.3, -0.25) is 0 Å². The van der Waals surface area contributed by atoms with E-state index in [2.05, 4.69) is 26.1 Å². The van der Waals surface area contributed by atoms with Gasteiger partial charge in [-0.2, -0.15) is 0 Å². The molecule has 0 fully saturated rings. The summed E-state index contributed by atoms with van der Waals surface area (Å²) in [6.45, 7) is 7.93. The van der Waals surface area contributed by atoms with E-state index in [9.17, 15) is 8.78 Å². The van der Waals surface area contributed by atoms with Crippen LogP contribution >= 0.6 is 0 Å². The van der Waals surface area contributed by atoms with E-state index in [-0.39, 0.29) is 11.3 Å².